The summed E-state index contributed by atoms with van der Waals surface area (Å²) in [6, 6.07) is 11.6. The molecule has 0 radical (unpaired) electrons. The zero-order valence-corrected chi connectivity index (χ0v) is 25.1. The van der Waals surface area contributed by atoms with Crippen molar-refractivity contribution < 1.29 is 29.0 Å². The van der Waals surface area contributed by atoms with Gasteiger partial charge in [0.05, 0.1) is 37.2 Å². The van der Waals surface area contributed by atoms with Gasteiger partial charge in [-0.15, -0.1) is 0 Å². The average Bonchev–Trinajstić information content (AvgIpc) is 3.31. The molecule has 0 aliphatic carbocycles. The molecule has 3 amide bonds. The molecule has 6 atom stereocenters. The first-order valence-electron chi connectivity index (χ1n) is 15.1. The standard InChI is InChI=1S/C34H39N3O6/c1-5-23(20-38)37-30-33(41)36(26-19-21(3)10-11-22(26)4)18-8-16-34(30)29(32(37)40)28-27(43-34)9-7-17-35(31(28)39)24-12-14-25(15-13-24)42-6-2/h7-16,19,23,27-30,38H,5-6,17-18,20H2,1-4H3/t23-,27-,28+,29-,30?,34-/m0/s1. The van der Waals surface area contributed by atoms with Crippen molar-refractivity contribution in [2.45, 2.75) is 57.9 Å². The number of hydrogen-bond donors (Lipinski definition) is 1. The van der Waals surface area contributed by atoms with E-state index in [0.717, 1.165) is 16.8 Å². The highest BCUT2D eigenvalue weighted by Crippen LogP contribution is 2.54. The van der Waals surface area contributed by atoms with Crippen molar-refractivity contribution in [2.75, 3.05) is 36.1 Å². The summed E-state index contributed by atoms with van der Waals surface area (Å²) in [6.07, 6.45) is 7.23. The fraction of sp³-hybridized carbons (Fsp3) is 0.441. The quantitative estimate of drug-likeness (QED) is 0.499. The third-order valence-corrected chi connectivity index (χ3v) is 9.29. The molecular weight excluding hydrogens is 546 g/mol. The van der Waals surface area contributed by atoms with Crippen molar-refractivity contribution in [3.63, 3.8) is 0 Å². The molecule has 6 rings (SSSR count). The van der Waals surface area contributed by atoms with Crippen LogP contribution < -0.4 is 14.5 Å². The summed E-state index contributed by atoms with van der Waals surface area (Å²) in [5.74, 6) is -1.91. The smallest absolute Gasteiger partial charge is 0.253 e. The number of ether oxygens (including phenoxy) is 2. The Labute approximate surface area is 252 Å². The van der Waals surface area contributed by atoms with E-state index in [1.807, 2.05) is 94.5 Å². The minimum Gasteiger partial charge on any atom is -0.494 e. The Morgan fingerprint density at radius 2 is 1.72 bits per heavy atom. The van der Waals surface area contributed by atoms with Crippen LogP contribution in [0.25, 0.3) is 0 Å². The second kappa shape index (κ2) is 11.3. The van der Waals surface area contributed by atoms with E-state index in [2.05, 4.69) is 0 Å². The van der Waals surface area contributed by atoms with Gasteiger partial charge in [0, 0.05) is 24.5 Å². The fourth-order valence-corrected chi connectivity index (χ4v) is 7.23. The van der Waals surface area contributed by atoms with Crippen LogP contribution in [0.3, 0.4) is 0 Å². The van der Waals surface area contributed by atoms with E-state index in [9.17, 15) is 19.5 Å². The third kappa shape index (κ3) is 4.57. The maximum atomic E-state index is 14.7. The number of benzene rings is 2. The number of nitrogens with zero attached hydrogens (tertiary/aromatic N) is 3. The first-order chi connectivity index (χ1) is 20.7. The monoisotopic (exact) mass is 585 g/mol. The molecule has 1 N–H and O–H groups in total. The lowest BCUT2D eigenvalue weighted by Gasteiger charge is -2.38. The fourth-order valence-electron chi connectivity index (χ4n) is 7.23. The van der Waals surface area contributed by atoms with E-state index in [4.69, 9.17) is 9.47 Å². The van der Waals surface area contributed by atoms with Crippen LogP contribution in [0.15, 0.2) is 66.8 Å². The lowest BCUT2D eigenvalue weighted by Crippen LogP contribution is -2.58. The highest BCUT2D eigenvalue weighted by Gasteiger charge is 2.72. The van der Waals surface area contributed by atoms with E-state index >= 15 is 0 Å². The largest absolute Gasteiger partial charge is 0.494 e. The van der Waals surface area contributed by atoms with Crippen molar-refractivity contribution in [2.24, 2.45) is 11.8 Å². The Morgan fingerprint density at radius 3 is 2.42 bits per heavy atom. The number of aryl methyl sites for hydroxylation is 2. The SMILES string of the molecule is CCOc1ccc(N2CC=C[C@@H]3O[C@]45C=CCN(c6cc(C)ccc6C)C(=O)C4N([C@@H](CC)CO)C(=O)[C@@H]5[C@@H]3C2=O)cc1. The lowest BCUT2D eigenvalue weighted by atomic mass is 9.77. The van der Waals surface area contributed by atoms with Crippen LogP contribution >= 0.6 is 0 Å². The minimum atomic E-state index is -1.36. The Balaban J connectivity index is 1.44. The Kier molecular flexibility index (Phi) is 7.64. The summed E-state index contributed by atoms with van der Waals surface area (Å²) in [6.45, 7) is 8.59. The molecule has 1 spiro atoms. The molecule has 43 heavy (non-hydrogen) atoms. The summed E-state index contributed by atoms with van der Waals surface area (Å²) in [5.41, 5.74) is 2.05. The van der Waals surface area contributed by atoms with Gasteiger partial charge >= 0.3 is 0 Å². The van der Waals surface area contributed by atoms with E-state index in [1.54, 1.807) is 9.80 Å². The molecule has 4 aliphatic heterocycles. The number of fused-ring (bicyclic) bond motifs is 2. The van der Waals surface area contributed by atoms with Gasteiger partial charge in [-0.05, 0) is 68.7 Å². The topological polar surface area (TPSA) is 99.6 Å². The third-order valence-electron chi connectivity index (χ3n) is 9.29. The second-order valence-electron chi connectivity index (χ2n) is 11.8. The van der Waals surface area contributed by atoms with Crippen molar-refractivity contribution in [3.05, 3.63) is 77.9 Å². The number of likely N-dealkylation sites (tertiary alicyclic amines) is 1. The summed E-state index contributed by atoms with van der Waals surface area (Å²) >= 11 is 0. The maximum absolute atomic E-state index is 14.7. The minimum absolute atomic E-state index is 0.233. The van der Waals surface area contributed by atoms with Crippen LogP contribution in [-0.2, 0) is 19.1 Å². The van der Waals surface area contributed by atoms with Gasteiger partial charge < -0.3 is 29.3 Å². The lowest BCUT2D eigenvalue weighted by molar-refractivity contribution is -0.144. The molecule has 9 heteroatoms. The number of hydrogen-bond acceptors (Lipinski definition) is 6. The molecule has 4 heterocycles. The first kappa shape index (κ1) is 29.1. The Morgan fingerprint density at radius 1 is 0.977 bits per heavy atom. The molecule has 2 aromatic rings. The summed E-state index contributed by atoms with van der Waals surface area (Å²) in [5, 5.41) is 10.4. The van der Waals surface area contributed by atoms with Crippen molar-refractivity contribution in [1.29, 1.82) is 0 Å². The van der Waals surface area contributed by atoms with Gasteiger partial charge in [-0.3, -0.25) is 14.4 Å². The van der Waals surface area contributed by atoms with E-state index < -0.39 is 35.6 Å². The molecular formula is C34H39N3O6. The molecule has 2 fully saturated rings. The molecule has 0 aromatic heterocycles. The normalized spacial score (nSPS) is 28.9. The van der Waals surface area contributed by atoms with Crippen molar-refractivity contribution >= 4 is 29.1 Å². The number of aliphatic hydroxyl groups excluding tert-OH is 1. The van der Waals surface area contributed by atoms with Crippen molar-refractivity contribution in [3.8, 4) is 5.75 Å². The zero-order chi connectivity index (χ0) is 30.5. The van der Waals surface area contributed by atoms with Gasteiger partial charge in [-0.2, -0.15) is 0 Å². The molecule has 2 saturated heterocycles. The molecule has 0 bridgehead atoms. The maximum Gasteiger partial charge on any atom is 0.253 e. The Hall–Kier alpha value is -3.95. The van der Waals surface area contributed by atoms with Gasteiger partial charge in [0.25, 0.3) is 5.91 Å². The van der Waals surface area contributed by atoms with Crippen LogP contribution in [0.2, 0.25) is 0 Å². The number of aliphatic hydroxyl groups is 1. The number of carbonyl (C=O) groups is 3. The number of anilines is 2. The van der Waals surface area contributed by atoms with E-state index in [1.165, 1.54) is 4.90 Å². The molecule has 226 valence electrons. The summed E-state index contributed by atoms with van der Waals surface area (Å²) in [4.78, 5) is 48.4. The Bertz CT molecular complexity index is 1480. The van der Waals surface area contributed by atoms with Crippen molar-refractivity contribution in [1.82, 2.24) is 4.90 Å². The van der Waals surface area contributed by atoms with Gasteiger partial charge in [-0.1, -0.05) is 43.4 Å². The predicted molar refractivity (Wildman–Crippen MR) is 163 cm³/mol. The average molecular weight is 586 g/mol. The highest BCUT2D eigenvalue weighted by atomic mass is 16.5. The molecule has 2 aromatic carbocycles. The van der Waals surface area contributed by atoms with E-state index in [0.29, 0.717) is 37.6 Å². The van der Waals surface area contributed by atoms with Gasteiger partial charge in [0.2, 0.25) is 11.8 Å². The zero-order valence-electron chi connectivity index (χ0n) is 25.1. The molecule has 4 aliphatic rings. The van der Waals surface area contributed by atoms with Crippen LogP contribution in [0.5, 0.6) is 5.75 Å². The van der Waals surface area contributed by atoms with Crippen LogP contribution in [0.4, 0.5) is 11.4 Å². The van der Waals surface area contributed by atoms with Gasteiger partial charge in [0.1, 0.15) is 17.4 Å². The summed E-state index contributed by atoms with van der Waals surface area (Å²) in [7, 11) is 0. The summed E-state index contributed by atoms with van der Waals surface area (Å²) < 4.78 is 12.3. The first-order valence-corrected chi connectivity index (χ1v) is 15.1. The second-order valence-corrected chi connectivity index (χ2v) is 11.8. The highest BCUT2D eigenvalue weighted by molar-refractivity contribution is 6.07. The molecule has 0 saturated carbocycles. The van der Waals surface area contributed by atoms with Crippen LogP contribution in [0.1, 0.15) is 31.4 Å². The van der Waals surface area contributed by atoms with E-state index in [-0.39, 0.29) is 24.3 Å². The number of rotatable bonds is 7. The number of amides is 3. The predicted octanol–water partition coefficient (Wildman–Crippen LogP) is 3.56. The van der Waals surface area contributed by atoms with Gasteiger partial charge in [0.15, 0.2) is 0 Å². The van der Waals surface area contributed by atoms with Crippen LogP contribution in [0, 0.1) is 25.7 Å². The molecule has 1 unspecified atom stereocenters. The van der Waals surface area contributed by atoms with Gasteiger partial charge in [-0.25, -0.2) is 0 Å². The van der Waals surface area contributed by atoms with Crippen LogP contribution in [-0.4, -0.2) is 77.8 Å². The number of carbonyl (C=O) groups excluding carboxylic acids is 3. The molecule has 9 nitrogen and oxygen atoms in total.